The van der Waals surface area contributed by atoms with Gasteiger partial charge >= 0.3 is 0 Å². The Hall–Kier alpha value is -2.15. The number of unbranched alkanes of at least 4 members (excludes halogenated alkanes) is 1. The van der Waals surface area contributed by atoms with Crippen molar-refractivity contribution in [2.75, 3.05) is 18.1 Å². The van der Waals surface area contributed by atoms with E-state index in [0.29, 0.717) is 24.4 Å². The average molecular weight is 361 g/mol. The molecule has 1 unspecified atom stereocenters. The number of rotatable bonds is 6. The number of sulfone groups is 1. The molecular weight excluding hydrogens is 338 g/mol. The highest BCUT2D eigenvalue weighted by molar-refractivity contribution is 7.91. The number of carbonyl (C=O) groups is 1. The van der Waals surface area contributed by atoms with E-state index >= 15 is 0 Å². The van der Waals surface area contributed by atoms with E-state index < -0.39 is 9.84 Å². The smallest absolute Gasteiger partial charge is 0.272 e. The summed E-state index contributed by atoms with van der Waals surface area (Å²) in [6.45, 7) is 2.62. The zero-order valence-electron chi connectivity index (χ0n) is 14.3. The van der Waals surface area contributed by atoms with Gasteiger partial charge in [-0.15, -0.1) is 0 Å². The first-order valence-electron chi connectivity index (χ1n) is 8.62. The van der Waals surface area contributed by atoms with Gasteiger partial charge in [0.05, 0.1) is 17.2 Å². The van der Waals surface area contributed by atoms with Gasteiger partial charge < -0.3 is 4.90 Å². The molecule has 0 bridgehead atoms. The lowest BCUT2D eigenvalue weighted by Gasteiger charge is -2.27. The second kappa shape index (κ2) is 7.39. The number of hydrogen-bond donors (Lipinski definition) is 1. The number of nitrogens with zero attached hydrogens (tertiary/aromatic N) is 2. The normalized spacial score (nSPS) is 19.0. The molecule has 1 amide bonds. The summed E-state index contributed by atoms with van der Waals surface area (Å²) in [5.41, 5.74) is 2.04. The van der Waals surface area contributed by atoms with Crippen LogP contribution in [0.15, 0.2) is 36.4 Å². The van der Waals surface area contributed by atoms with Crippen LogP contribution < -0.4 is 0 Å². The summed E-state index contributed by atoms with van der Waals surface area (Å²) < 4.78 is 23.6. The van der Waals surface area contributed by atoms with Gasteiger partial charge in [-0.05, 0) is 18.9 Å². The van der Waals surface area contributed by atoms with Gasteiger partial charge in [-0.1, -0.05) is 43.7 Å². The van der Waals surface area contributed by atoms with Crippen LogP contribution in [0.1, 0.15) is 36.7 Å². The highest BCUT2D eigenvalue weighted by Crippen LogP contribution is 2.22. The van der Waals surface area contributed by atoms with E-state index in [1.54, 1.807) is 11.0 Å². The van der Waals surface area contributed by atoms with Crippen molar-refractivity contribution in [3.05, 3.63) is 42.1 Å². The summed E-state index contributed by atoms with van der Waals surface area (Å²) >= 11 is 0. The molecule has 2 aromatic rings. The summed E-state index contributed by atoms with van der Waals surface area (Å²) in [6, 6.07) is 11.1. The molecule has 1 fully saturated rings. The molecule has 0 radical (unpaired) electrons. The van der Waals surface area contributed by atoms with Gasteiger partial charge in [0.25, 0.3) is 5.91 Å². The van der Waals surface area contributed by atoms with Crippen LogP contribution in [0.2, 0.25) is 0 Å². The van der Waals surface area contributed by atoms with Crippen LogP contribution in [0.25, 0.3) is 11.3 Å². The fraction of sp³-hybridized carbons (Fsp3) is 0.444. The van der Waals surface area contributed by atoms with E-state index in [0.717, 1.165) is 18.4 Å². The molecule has 3 rings (SSSR count). The number of nitrogens with one attached hydrogen (secondary N) is 1. The van der Waals surface area contributed by atoms with Crippen molar-refractivity contribution in [2.24, 2.45) is 0 Å². The molecule has 7 heteroatoms. The quantitative estimate of drug-likeness (QED) is 0.857. The maximum atomic E-state index is 13.0. The van der Waals surface area contributed by atoms with E-state index in [1.807, 2.05) is 30.3 Å². The Morgan fingerprint density at radius 2 is 2.08 bits per heavy atom. The summed E-state index contributed by atoms with van der Waals surface area (Å²) in [5.74, 6) is 0.0405. The Bertz CT molecular complexity index is 830. The third kappa shape index (κ3) is 4.10. The minimum atomic E-state index is -3.04. The van der Waals surface area contributed by atoms with Crippen LogP contribution in [-0.2, 0) is 9.84 Å². The highest BCUT2D eigenvalue weighted by atomic mass is 32.2. The predicted molar refractivity (Wildman–Crippen MR) is 97.0 cm³/mol. The molecule has 1 atom stereocenters. The lowest BCUT2D eigenvalue weighted by atomic mass is 10.1. The van der Waals surface area contributed by atoms with E-state index in [1.165, 1.54) is 0 Å². The maximum Gasteiger partial charge on any atom is 0.272 e. The van der Waals surface area contributed by atoms with Crippen molar-refractivity contribution in [3.63, 3.8) is 0 Å². The molecular formula is C18H23N3O3S. The van der Waals surface area contributed by atoms with Crippen LogP contribution >= 0.6 is 0 Å². The Kier molecular flexibility index (Phi) is 5.22. The van der Waals surface area contributed by atoms with Crippen molar-refractivity contribution in [1.82, 2.24) is 15.1 Å². The number of aromatic amines is 1. The van der Waals surface area contributed by atoms with Crippen molar-refractivity contribution >= 4 is 15.7 Å². The average Bonchev–Trinajstić information content (AvgIpc) is 3.23. The molecule has 0 spiro atoms. The molecule has 134 valence electrons. The molecule has 1 N–H and O–H groups in total. The van der Waals surface area contributed by atoms with Crippen LogP contribution in [0, 0.1) is 0 Å². The molecule has 1 aromatic carbocycles. The number of amides is 1. The number of hydrogen-bond acceptors (Lipinski definition) is 4. The van der Waals surface area contributed by atoms with Crippen molar-refractivity contribution in [1.29, 1.82) is 0 Å². The third-order valence-corrected chi connectivity index (χ3v) is 6.29. The molecule has 1 saturated heterocycles. The topological polar surface area (TPSA) is 83.1 Å². The van der Waals surface area contributed by atoms with Gasteiger partial charge in [0.1, 0.15) is 5.69 Å². The van der Waals surface area contributed by atoms with Gasteiger partial charge in [-0.2, -0.15) is 5.10 Å². The number of carbonyl (C=O) groups excluding carboxylic acids is 1. The lowest BCUT2D eigenvalue weighted by Crippen LogP contribution is -2.42. The van der Waals surface area contributed by atoms with Gasteiger partial charge in [-0.3, -0.25) is 9.89 Å². The first-order chi connectivity index (χ1) is 12.0. The number of aromatic nitrogens is 2. The summed E-state index contributed by atoms with van der Waals surface area (Å²) in [4.78, 5) is 14.7. The summed E-state index contributed by atoms with van der Waals surface area (Å²) in [5, 5.41) is 7.05. The Balaban J connectivity index is 1.81. The molecule has 0 aliphatic carbocycles. The van der Waals surface area contributed by atoms with Crippen LogP contribution in [0.3, 0.4) is 0 Å². The van der Waals surface area contributed by atoms with Crippen LogP contribution in [0.4, 0.5) is 0 Å². The molecule has 1 aliphatic heterocycles. The second-order valence-electron chi connectivity index (χ2n) is 6.44. The summed E-state index contributed by atoms with van der Waals surface area (Å²) in [7, 11) is -3.04. The maximum absolute atomic E-state index is 13.0. The molecule has 6 nitrogen and oxygen atoms in total. The fourth-order valence-electron chi connectivity index (χ4n) is 3.14. The molecule has 2 heterocycles. The molecule has 1 aliphatic rings. The second-order valence-corrected chi connectivity index (χ2v) is 8.67. The SMILES string of the molecule is CCCCN(C(=O)c1cc(-c2ccccc2)n[nH]1)C1CCS(=O)(=O)C1. The Morgan fingerprint density at radius 1 is 1.32 bits per heavy atom. The third-order valence-electron chi connectivity index (χ3n) is 4.54. The van der Waals surface area contributed by atoms with Crippen LogP contribution in [-0.4, -0.2) is 53.5 Å². The zero-order chi connectivity index (χ0) is 17.9. The van der Waals surface area contributed by atoms with E-state index in [2.05, 4.69) is 17.1 Å². The Labute approximate surface area is 148 Å². The zero-order valence-corrected chi connectivity index (χ0v) is 15.1. The standard InChI is InChI=1S/C18H23N3O3S/c1-2-3-10-21(15-9-11-25(23,24)13-15)18(22)17-12-16(19-20-17)14-7-5-4-6-8-14/h4-8,12,15H,2-3,9-11,13H2,1H3,(H,19,20). The molecule has 25 heavy (non-hydrogen) atoms. The first kappa shape index (κ1) is 17.7. The van der Waals surface area contributed by atoms with E-state index in [4.69, 9.17) is 0 Å². The van der Waals surface area contributed by atoms with E-state index in [9.17, 15) is 13.2 Å². The van der Waals surface area contributed by atoms with Gasteiger partial charge in [0.2, 0.25) is 0 Å². The highest BCUT2D eigenvalue weighted by Gasteiger charge is 2.35. The van der Waals surface area contributed by atoms with E-state index in [-0.39, 0.29) is 23.5 Å². The van der Waals surface area contributed by atoms with Gasteiger partial charge in [0, 0.05) is 18.2 Å². The molecule has 1 aromatic heterocycles. The minimum Gasteiger partial charge on any atom is -0.333 e. The van der Waals surface area contributed by atoms with Crippen molar-refractivity contribution < 1.29 is 13.2 Å². The number of H-pyrrole nitrogens is 1. The lowest BCUT2D eigenvalue weighted by molar-refractivity contribution is 0.0688. The number of benzene rings is 1. The minimum absolute atomic E-state index is 0.0577. The van der Waals surface area contributed by atoms with Crippen molar-refractivity contribution in [2.45, 2.75) is 32.2 Å². The summed E-state index contributed by atoms with van der Waals surface area (Å²) in [6.07, 6.45) is 2.31. The predicted octanol–water partition coefficient (Wildman–Crippen LogP) is 2.51. The monoisotopic (exact) mass is 361 g/mol. The van der Waals surface area contributed by atoms with Gasteiger partial charge in [0.15, 0.2) is 9.84 Å². The van der Waals surface area contributed by atoms with Gasteiger partial charge in [-0.25, -0.2) is 8.42 Å². The largest absolute Gasteiger partial charge is 0.333 e. The molecule has 0 saturated carbocycles. The van der Waals surface area contributed by atoms with Crippen molar-refractivity contribution in [3.8, 4) is 11.3 Å². The fourth-order valence-corrected chi connectivity index (χ4v) is 4.87. The first-order valence-corrected chi connectivity index (χ1v) is 10.4. The Morgan fingerprint density at radius 3 is 2.72 bits per heavy atom. The van der Waals surface area contributed by atoms with Crippen LogP contribution in [0.5, 0.6) is 0 Å².